The second-order valence-electron chi connectivity index (χ2n) is 15.1. The van der Waals surface area contributed by atoms with Crippen molar-refractivity contribution in [2.45, 2.75) is 5.41 Å². The number of rotatable bonds is 4. The molecule has 2 aliphatic rings. The molecule has 0 aliphatic heterocycles. The zero-order valence-electron chi connectivity index (χ0n) is 30.9. The fourth-order valence-corrected chi connectivity index (χ4v) is 9.73. The maximum atomic E-state index is 5.02. The predicted molar refractivity (Wildman–Crippen MR) is 233 cm³/mol. The number of hydrogen-bond acceptors (Lipinski definition) is 3. The SMILES string of the molecule is c1ccc(-c2nc(-c3ccccc3)nc(-c3ccc(-c4cc5c(c6ccccc46)-c4c(ccc6ccccc46)C54c5ccccc5-c5ccccc54)cc3)n2)cc1. The average molecular weight is 724 g/mol. The van der Waals surface area contributed by atoms with Gasteiger partial charge in [-0.15, -0.1) is 0 Å². The summed E-state index contributed by atoms with van der Waals surface area (Å²) >= 11 is 0. The van der Waals surface area contributed by atoms with Gasteiger partial charge in [0.25, 0.3) is 0 Å². The van der Waals surface area contributed by atoms with E-state index in [0.717, 1.165) is 22.3 Å². The minimum absolute atomic E-state index is 0.465. The van der Waals surface area contributed by atoms with Crippen LogP contribution in [0, 0.1) is 0 Å². The highest BCUT2D eigenvalue weighted by molar-refractivity contribution is 6.16. The standard InChI is InChI=1S/C54H33N3/c1-3-16-36(17-4-1)51-55-52(37-18-5-2-6-19-37)57-53(56-51)38-29-27-35(28-30-38)44-33-48-50(43-24-10-9-21-40(43)44)49-39-20-8-7-15-34(39)31-32-47(49)54(48)45-25-13-11-22-41(45)42-23-12-14-26-46(42)54/h1-33H. The van der Waals surface area contributed by atoms with Gasteiger partial charge in [0.2, 0.25) is 0 Å². The topological polar surface area (TPSA) is 38.7 Å². The van der Waals surface area contributed by atoms with Gasteiger partial charge in [0.15, 0.2) is 17.5 Å². The van der Waals surface area contributed by atoms with Gasteiger partial charge in [0, 0.05) is 16.7 Å². The van der Waals surface area contributed by atoms with E-state index in [4.69, 9.17) is 15.0 Å². The van der Waals surface area contributed by atoms with E-state index in [1.807, 2.05) is 60.7 Å². The van der Waals surface area contributed by atoms with Crippen LogP contribution in [0.15, 0.2) is 200 Å². The third-order valence-corrected chi connectivity index (χ3v) is 12.1. The van der Waals surface area contributed by atoms with Crippen molar-refractivity contribution in [2.24, 2.45) is 0 Å². The molecule has 0 saturated carbocycles. The Balaban J connectivity index is 1.10. The van der Waals surface area contributed by atoms with Gasteiger partial charge in [-0.1, -0.05) is 194 Å². The van der Waals surface area contributed by atoms with Crippen LogP contribution in [0.5, 0.6) is 0 Å². The van der Waals surface area contributed by atoms with Gasteiger partial charge in [-0.2, -0.15) is 0 Å². The molecule has 9 aromatic carbocycles. The van der Waals surface area contributed by atoms with Crippen LogP contribution in [0.3, 0.4) is 0 Å². The van der Waals surface area contributed by atoms with E-state index in [0.29, 0.717) is 17.5 Å². The molecule has 0 saturated heterocycles. The number of aromatic nitrogens is 3. The van der Waals surface area contributed by atoms with E-state index < -0.39 is 5.41 Å². The zero-order valence-corrected chi connectivity index (χ0v) is 30.9. The van der Waals surface area contributed by atoms with Gasteiger partial charge in [-0.3, -0.25) is 0 Å². The number of nitrogens with zero attached hydrogens (tertiary/aromatic N) is 3. The Morgan fingerprint density at radius 3 is 1.35 bits per heavy atom. The van der Waals surface area contributed by atoms with Crippen LogP contribution in [-0.2, 0) is 5.41 Å². The van der Waals surface area contributed by atoms with Crippen molar-refractivity contribution in [1.29, 1.82) is 0 Å². The van der Waals surface area contributed by atoms with Crippen LogP contribution in [0.1, 0.15) is 22.3 Å². The van der Waals surface area contributed by atoms with Crippen LogP contribution in [0.25, 0.3) is 89.1 Å². The van der Waals surface area contributed by atoms with Crippen LogP contribution in [0.2, 0.25) is 0 Å². The maximum Gasteiger partial charge on any atom is 0.164 e. The molecule has 1 heterocycles. The first-order chi connectivity index (χ1) is 28.3. The summed E-state index contributed by atoms with van der Waals surface area (Å²) < 4.78 is 0. The van der Waals surface area contributed by atoms with Crippen LogP contribution >= 0.6 is 0 Å². The average Bonchev–Trinajstić information content (AvgIpc) is 3.77. The van der Waals surface area contributed by atoms with Gasteiger partial charge >= 0.3 is 0 Å². The summed E-state index contributed by atoms with van der Waals surface area (Å²) in [7, 11) is 0. The molecule has 1 aromatic heterocycles. The second-order valence-corrected chi connectivity index (χ2v) is 15.1. The molecule has 0 unspecified atom stereocenters. The molecule has 3 nitrogen and oxygen atoms in total. The Morgan fingerprint density at radius 1 is 0.281 bits per heavy atom. The molecule has 12 rings (SSSR count). The quantitative estimate of drug-likeness (QED) is 0.181. The van der Waals surface area contributed by atoms with Crippen molar-refractivity contribution in [2.75, 3.05) is 0 Å². The van der Waals surface area contributed by atoms with E-state index >= 15 is 0 Å². The Labute approximate surface area is 330 Å². The Kier molecular flexibility index (Phi) is 6.84. The lowest BCUT2D eigenvalue weighted by atomic mass is 9.70. The fourth-order valence-electron chi connectivity index (χ4n) is 9.73. The van der Waals surface area contributed by atoms with E-state index in [9.17, 15) is 0 Å². The first kappa shape index (κ1) is 31.8. The van der Waals surface area contributed by atoms with Gasteiger partial charge in [0.1, 0.15) is 0 Å². The number of fused-ring (bicyclic) bond motifs is 14. The van der Waals surface area contributed by atoms with E-state index in [1.54, 1.807) is 0 Å². The molecule has 1 spiro atoms. The molecule has 0 fully saturated rings. The molecule has 0 atom stereocenters. The highest BCUT2D eigenvalue weighted by atomic mass is 15.0. The molecule has 57 heavy (non-hydrogen) atoms. The molecular formula is C54H33N3. The fraction of sp³-hybridized carbons (Fsp3) is 0.0185. The smallest absolute Gasteiger partial charge is 0.164 e. The van der Waals surface area contributed by atoms with Gasteiger partial charge in [-0.05, 0) is 83.2 Å². The van der Waals surface area contributed by atoms with Gasteiger partial charge in [-0.25, -0.2) is 15.0 Å². The van der Waals surface area contributed by atoms with Crippen LogP contribution in [0.4, 0.5) is 0 Å². The molecule has 0 radical (unpaired) electrons. The lowest BCUT2D eigenvalue weighted by molar-refractivity contribution is 0.795. The monoisotopic (exact) mass is 723 g/mol. The Morgan fingerprint density at radius 2 is 0.737 bits per heavy atom. The molecule has 2 aliphatic carbocycles. The summed E-state index contributed by atoms with van der Waals surface area (Å²) in [6.45, 7) is 0. The molecule has 0 N–H and O–H groups in total. The van der Waals surface area contributed by atoms with Crippen molar-refractivity contribution in [3.8, 4) is 67.5 Å². The number of benzene rings is 9. The first-order valence-electron chi connectivity index (χ1n) is 19.5. The molecule has 264 valence electrons. The number of hydrogen-bond donors (Lipinski definition) is 0. The molecule has 0 amide bonds. The first-order valence-corrected chi connectivity index (χ1v) is 19.5. The second kappa shape index (κ2) is 12.3. The van der Waals surface area contributed by atoms with E-state index in [2.05, 4.69) is 140 Å². The molecular weight excluding hydrogens is 691 g/mol. The summed E-state index contributed by atoms with van der Waals surface area (Å²) in [4.78, 5) is 14.9. The zero-order chi connectivity index (χ0) is 37.5. The Bertz CT molecular complexity index is 3120. The summed E-state index contributed by atoms with van der Waals surface area (Å²) in [6, 6.07) is 72.2. The minimum Gasteiger partial charge on any atom is -0.208 e. The summed E-state index contributed by atoms with van der Waals surface area (Å²) in [5.41, 5.74) is 15.4. The minimum atomic E-state index is -0.465. The van der Waals surface area contributed by atoms with E-state index in [-0.39, 0.29) is 0 Å². The summed E-state index contributed by atoms with van der Waals surface area (Å²) in [5.74, 6) is 1.96. The predicted octanol–water partition coefficient (Wildman–Crippen LogP) is 13.2. The normalized spacial score (nSPS) is 13.1. The van der Waals surface area contributed by atoms with Gasteiger partial charge < -0.3 is 0 Å². The van der Waals surface area contributed by atoms with Gasteiger partial charge in [0.05, 0.1) is 5.41 Å². The highest BCUT2D eigenvalue weighted by Crippen LogP contribution is 2.65. The van der Waals surface area contributed by atoms with Crippen molar-refractivity contribution < 1.29 is 0 Å². The largest absolute Gasteiger partial charge is 0.208 e. The lowest BCUT2D eigenvalue weighted by Crippen LogP contribution is -2.26. The van der Waals surface area contributed by atoms with Crippen LogP contribution < -0.4 is 0 Å². The third kappa shape index (κ3) is 4.57. The lowest BCUT2D eigenvalue weighted by Gasteiger charge is -2.31. The van der Waals surface area contributed by atoms with Crippen molar-refractivity contribution >= 4 is 21.5 Å². The van der Waals surface area contributed by atoms with E-state index in [1.165, 1.54) is 71.6 Å². The summed E-state index contributed by atoms with van der Waals surface area (Å²) in [5, 5.41) is 5.05. The maximum absolute atomic E-state index is 5.02. The van der Waals surface area contributed by atoms with Crippen molar-refractivity contribution in [3.05, 3.63) is 222 Å². The third-order valence-electron chi connectivity index (χ3n) is 12.1. The molecule has 10 aromatic rings. The van der Waals surface area contributed by atoms with Crippen molar-refractivity contribution in [3.63, 3.8) is 0 Å². The summed E-state index contributed by atoms with van der Waals surface area (Å²) in [6.07, 6.45) is 0. The van der Waals surface area contributed by atoms with Crippen molar-refractivity contribution in [1.82, 2.24) is 15.0 Å². The molecule has 0 bridgehead atoms. The highest BCUT2D eigenvalue weighted by Gasteiger charge is 2.52. The Hall–Kier alpha value is -7.49. The van der Waals surface area contributed by atoms with Crippen LogP contribution in [-0.4, -0.2) is 15.0 Å². The molecule has 3 heteroatoms.